The van der Waals surface area contributed by atoms with Crippen molar-refractivity contribution in [2.75, 3.05) is 11.9 Å². The molecule has 17 heavy (non-hydrogen) atoms. The van der Waals surface area contributed by atoms with Crippen molar-refractivity contribution in [3.8, 4) is 11.3 Å². The highest BCUT2D eigenvalue weighted by Gasteiger charge is 2.04. The van der Waals surface area contributed by atoms with E-state index in [0.717, 1.165) is 34.5 Å². The monoisotopic (exact) mass is 291 g/mol. The largest absolute Gasteiger partial charge is 0.370 e. The maximum atomic E-state index is 4.30. The van der Waals surface area contributed by atoms with Crippen LogP contribution in [0.25, 0.3) is 11.3 Å². The predicted octanol–water partition coefficient (Wildman–Crippen LogP) is 3.73. The molecule has 4 heteroatoms. The maximum Gasteiger partial charge on any atom is 0.129 e. The van der Waals surface area contributed by atoms with Gasteiger partial charge in [-0.1, -0.05) is 41.1 Å². The first-order chi connectivity index (χ1) is 8.31. The van der Waals surface area contributed by atoms with Crippen molar-refractivity contribution in [2.45, 2.75) is 13.3 Å². The number of nitrogens with zero attached hydrogens (tertiary/aromatic N) is 2. The Morgan fingerprint density at radius 2 is 2.06 bits per heavy atom. The molecule has 0 aliphatic rings. The molecule has 2 rings (SSSR count). The van der Waals surface area contributed by atoms with Crippen molar-refractivity contribution in [1.82, 2.24) is 9.97 Å². The summed E-state index contributed by atoms with van der Waals surface area (Å²) in [6.07, 6.45) is 2.67. The fraction of sp³-hybridized carbons (Fsp3) is 0.231. The van der Waals surface area contributed by atoms with Crippen LogP contribution in [0.3, 0.4) is 0 Å². The third-order valence-corrected chi connectivity index (χ3v) is 3.06. The van der Waals surface area contributed by atoms with Crippen LogP contribution in [0, 0.1) is 0 Å². The summed E-state index contributed by atoms with van der Waals surface area (Å²) in [5.41, 5.74) is 2.00. The van der Waals surface area contributed by atoms with Crippen molar-refractivity contribution >= 4 is 21.7 Å². The van der Waals surface area contributed by atoms with E-state index in [1.165, 1.54) is 0 Å². The second-order valence-corrected chi connectivity index (χ2v) is 4.55. The zero-order valence-electron chi connectivity index (χ0n) is 9.65. The van der Waals surface area contributed by atoms with Gasteiger partial charge in [-0.05, 0) is 12.5 Å². The molecule has 1 aromatic carbocycles. The lowest BCUT2D eigenvalue weighted by Crippen LogP contribution is -2.02. The van der Waals surface area contributed by atoms with Crippen LogP contribution in [0.4, 0.5) is 5.82 Å². The van der Waals surface area contributed by atoms with Crippen molar-refractivity contribution in [3.05, 3.63) is 41.1 Å². The Kier molecular flexibility index (Phi) is 4.09. The van der Waals surface area contributed by atoms with Crippen LogP contribution < -0.4 is 5.32 Å². The highest BCUT2D eigenvalue weighted by molar-refractivity contribution is 9.10. The molecule has 0 saturated heterocycles. The molecule has 1 N–H and O–H groups in total. The van der Waals surface area contributed by atoms with E-state index in [4.69, 9.17) is 0 Å². The molecule has 0 atom stereocenters. The number of hydrogen-bond acceptors (Lipinski definition) is 3. The zero-order valence-corrected chi connectivity index (χ0v) is 11.2. The highest BCUT2D eigenvalue weighted by Crippen LogP contribution is 2.26. The average Bonchev–Trinajstić information content (AvgIpc) is 2.37. The van der Waals surface area contributed by atoms with Crippen molar-refractivity contribution < 1.29 is 0 Å². The Morgan fingerprint density at radius 3 is 2.82 bits per heavy atom. The van der Waals surface area contributed by atoms with Gasteiger partial charge in [-0.2, -0.15) is 0 Å². The van der Waals surface area contributed by atoms with Gasteiger partial charge in [0.25, 0.3) is 0 Å². The van der Waals surface area contributed by atoms with E-state index < -0.39 is 0 Å². The third-order valence-electron chi connectivity index (χ3n) is 2.37. The lowest BCUT2D eigenvalue weighted by Gasteiger charge is -2.06. The third kappa shape index (κ3) is 3.03. The Hall–Kier alpha value is -1.42. The van der Waals surface area contributed by atoms with Crippen LogP contribution in [0.1, 0.15) is 13.3 Å². The summed E-state index contributed by atoms with van der Waals surface area (Å²) in [5, 5.41) is 3.26. The molecule has 0 spiro atoms. The van der Waals surface area contributed by atoms with Gasteiger partial charge in [0.2, 0.25) is 0 Å². The summed E-state index contributed by atoms with van der Waals surface area (Å²) in [6, 6.07) is 10.0. The van der Waals surface area contributed by atoms with E-state index in [1.54, 1.807) is 6.33 Å². The fourth-order valence-electron chi connectivity index (χ4n) is 1.52. The molecule has 0 aliphatic carbocycles. The average molecular weight is 292 g/mol. The molecule has 2 aromatic rings. The molecule has 0 saturated carbocycles. The maximum absolute atomic E-state index is 4.30. The van der Waals surface area contributed by atoms with E-state index in [0.29, 0.717) is 0 Å². The molecule has 88 valence electrons. The van der Waals surface area contributed by atoms with Crippen LogP contribution >= 0.6 is 15.9 Å². The van der Waals surface area contributed by atoms with E-state index in [1.807, 2.05) is 30.3 Å². The molecule has 0 amide bonds. The topological polar surface area (TPSA) is 37.8 Å². The fourth-order valence-corrected chi connectivity index (χ4v) is 2.01. The van der Waals surface area contributed by atoms with Crippen LogP contribution in [-0.2, 0) is 0 Å². The summed E-state index contributed by atoms with van der Waals surface area (Å²) in [4.78, 5) is 8.49. The Labute approximate surface area is 109 Å². The highest BCUT2D eigenvalue weighted by atomic mass is 79.9. The SMILES string of the molecule is CCCNc1cc(-c2ccccc2Br)ncn1. The second-order valence-electron chi connectivity index (χ2n) is 3.70. The van der Waals surface area contributed by atoms with Gasteiger partial charge in [0, 0.05) is 22.6 Å². The van der Waals surface area contributed by atoms with Crippen LogP contribution in [-0.4, -0.2) is 16.5 Å². The standard InChI is InChI=1S/C13H14BrN3/c1-2-7-15-13-8-12(16-9-17-13)10-5-3-4-6-11(10)14/h3-6,8-9H,2,7H2,1H3,(H,15,16,17). The zero-order chi connectivity index (χ0) is 12.1. The molecule has 0 unspecified atom stereocenters. The van der Waals surface area contributed by atoms with Gasteiger partial charge in [0.05, 0.1) is 5.69 Å². The van der Waals surface area contributed by atoms with Crippen molar-refractivity contribution in [2.24, 2.45) is 0 Å². The number of hydrogen-bond donors (Lipinski definition) is 1. The van der Waals surface area contributed by atoms with Crippen LogP contribution in [0.5, 0.6) is 0 Å². The molecule has 0 bridgehead atoms. The van der Waals surface area contributed by atoms with Crippen molar-refractivity contribution in [3.63, 3.8) is 0 Å². The van der Waals surface area contributed by atoms with Crippen molar-refractivity contribution in [1.29, 1.82) is 0 Å². The summed E-state index contributed by atoms with van der Waals surface area (Å²) in [7, 11) is 0. The van der Waals surface area contributed by atoms with Gasteiger partial charge in [0.1, 0.15) is 12.1 Å². The minimum atomic E-state index is 0.868. The predicted molar refractivity (Wildman–Crippen MR) is 73.9 cm³/mol. The number of aromatic nitrogens is 2. The van der Waals surface area contributed by atoms with Gasteiger partial charge in [-0.15, -0.1) is 0 Å². The quantitative estimate of drug-likeness (QED) is 0.933. The molecule has 0 radical (unpaired) electrons. The Bertz CT molecular complexity index is 500. The van der Waals surface area contributed by atoms with Crippen LogP contribution in [0.15, 0.2) is 41.1 Å². The lowest BCUT2D eigenvalue weighted by molar-refractivity contribution is 0.965. The smallest absolute Gasteiger partial charge is 0.129 e. The summed E-state index contributed by atoms with van der Waals surface area (Å²) in [6.45, 7) is 3.05. The lowest BCUT2D eigenvalue weighted by atomic mass is 10.1. The molecular weight excluding hydrogens is 278 g/mol. The number of halogens is 1. The van der Waals surface area contributed by atoms with E-state index in [2.05, 4.69) is 38.1 Å². The first kappa shape index (κ1) is 12.0. The number of anilines is 1. The summed E-state index contributed by atoms with van der Waals surface area (Å²) in [5.74, 6) is 0.868. The normalized spacial score (nSPS) is 10.2. The Morgan fingerprint density at radius 1 is 1.24 bits per heavy atom. The molecule has 1 aromatic heterocycles. The molecule has 1 heterocycles. The summed E-state index contributed by atoms with van der Waals surface area (Å²) >= 11 is 3.53. The van der Waals surface area contributed by atoms with Gasteiger partial charge in [-0.25, -0.2) is 9.97 Å². The molecule has 0 fully saturated rings. The first-order valence-corrected chi connectivity index (χ1v) is 6.41. The summed E-state index contributed by atoms with van der Waals surface area (Å²) < 4.78 is 1.04. The van der Waals surface area contributed by atoms with Gasteiger partial charge < -0.3 is 5.32 Å². The van der Waals surface area contributed by atoms with E-state index >= 15 is 0 Å². The molecule has 0 aliphatic heterocycles. The first-order valence-electron chi connectivity index (χ1n) is 5.62. The van der Waals surface area contributed by atoms with E-state index in [9.17, 15) is 0 Å². The second kappa shape index (κ2) is 5.77. The minimum Gasteiger partial charge on any atom is -0.370 e. The van der Waals surface area contributed by atoms with Gasteiger partial charge in [-0.3, -0.25) is 0 Å². The molecule has 3 nitrogen and oxygen atoms in total. The number of rotatable bonds is 4. The Balaban J connectivity index is 2.30. The number of nitrogens with one attached hydrogen (secondary N) is 1. The molecular formula is C13H14BrN3. The minimum absolute atomic E-state index is 0.868. The number of benzene rings is 1. The van der Waals surface area contributed by atoms with E-state index in [-0.39, 0.29) is 0 Å². The van der Waals surface area contributed by atoms with Gasteiger partial charge in [0.15, 0.2) is 0 Å². The van der Waals surface area contributed by atoms with Crippen LogP contribution in [0.2, 0.25) is 0 Å². The van der Waals surface area contributed by atoms with Gasteiger partial charge >= 0.3 is 0 Å².